The molecular weight excluding hydrogens is 584 g/mol. The zero-order chi connectivity index (χ0) is 30.7. The molecule has 1 saturated carbocycles. The smallest absolute Gasteiger partial charge is 0.361 e. The van der Waals surface area contributed by atoms with Crippen molar-refractivity contribution in [1.82, 2.24) is 34.9 Å². The molecule has 4 aromatic rings. The fourth-order valence-electron chi connectivity index (χ4n) is 4.97. The van der Waals surface area contributed by atoms with Crippen LogP contribution in [0, 0.1) is 0 Å². The van der Waals surface area contributed by atoms with Crippen molar-refractivity contribution in [2.45, 2.75) is 56.6 Å². The van der Waals surface area contributed by atoms with Crippen molar-refractivity contribution in [3.05, 3.63) is 48.1 Å². The summed E-state index contributed by atoms with van der Waals surface area (Å²) in [5.74, 6) is -5.54. The Hall–Kier alpha value is -4.58. The van der Waals surface area contributed by atoms with Crippen molar-refractivity contribution >= 4 is 34.9 Å². The van der Waals surface area contributed by atoms with Crippen LogP contribution in [-0.2, 0) is 14.3 Å². The lowest BCUT2D eigenvalue weighted by Gasteiger charge is -2.36. The van der Waals surface area contributed by atoms with Crippen molar-refractivity contribution in [3.8, 4) is 22.1 Å². The molecule has 0 saturated heterocycles. The second kappa shape index (κ2) is 12.3. The summed E-state index contributed by atoms with van der Waals surface area (Å²) < 4.78 is 7.25. The van der Waals surface area contributed by atoms with Crippen LogP contribution in [0.1, 0.15) is 49.1 Å². The van der Waals surface area contributed by atoms with Crippen molar-refractivity contribution in [2.24, 2.45) is 0 Å². The number of carbonyl (C=O) groups excluding carboxylic acids is 1. The van der Waals surface area contributed by atoms with Gasteiger partial charge < -0.3 is 25.2 Å². The fraction of sp³-hybridized carbons (Fsp3) is 0.385. The maximum Gasteiger partial charge on any atom is 0.361 e. The Morgan fingerprint density at radius 3 is 2.53 bits per heavy atom. The number of hydrogen-bond donors (Lipinski definition) is 5. The lowest BCUT2D eigenvalue weighted by atomic mass is 9.93. The molecule has 43 heavy (non-hydrogen) atoms. The molecule has 226 valence electrons. The van der Waals surface area contributed by atoms with Gasteiger partial charge in [-0.3, -0.25) is 19.5 Å². The van der Waals surface area contributed by atoms with Crippen LogP contribution in [0.15, 0.2) is 42.4 Å². The van der Waals surface area contributed by atoms with Gasteiger partial charge >= 0.3 is 11.9 Å². The highest BCUT2D eigenvalue weighted by Gasteiger charge is 2.57. The SMILES string of the molecule is CCOC1CCC(n2cc(N(C(=O)c3csc(-c4cn[nH]c4)n3)[C@](O)(C(=O)O)[C@@H](O)C(=O)O)c(-c3ncccn3)n2)CC1. The lowest BCUT2D eigenvalue weighted by molar-refractivity contribution is -0.182. The number of aliphatic carboxylic acids is 2. The summed E-state index contributed by atoms with van der Waals surface area (Å²) >= 11 is 1.03. The van der Waals surface area contributed by atoms with E-state index in [0.29, 0.717) is 30.0 Å². The number of amides is 1. The van der Waals surface area contributed by atoms with E-state index in [-0.39, 0.29) is 39.9 Å². The van der Waals surface area contributed by atoms with E-state index in [0.717, 1.165) is 24.2 Å². The molecule has 0 spiro atoms. The number of nitrogens with one attached hydrogen (secondary N) is 1. The monoisotopic (exact) mass is 612 g/mol. The number of thiazole rings is 1. The zero-order valence-corrected chi connectivity index (χ0v) is 23.6. The molecule has 0 aliphatic heterocycles. The number of carbonyl (C=O) groups is 3. The summed E-state index contributed by atoms with van der Waals surface area (Å²) in [6, 6.07) is 1.33. The Kier molecular flexibility index (Phi) is 8.58. The third kappa shape index (κ3) is 5.74. The van der Waals surface area contributed by atoms with Crippen LogP contribution in [0.3, 0.4) is 0 Å². The number of aliphatic hydroxyl groups excluding tert-OH is 1. The minimum Gasteiger partial charge on any atom is -0.479 e. The van der Waals surface area contributed by atoms with Crippen LogP contribution in [-0.4, -0.2) is 97.7 Å². The first kappa shape index (κ1) is 29.9. The van der Waals surface area contributed by atoms with E-state index in [2.05, 4.69) is 30.2 Å². The summed E-state index contributed by atoms with van der Waals surface area (Å²) in [5.41, 5.74) is -3.96. The van der Waals surface area contributed by atoms with Crippen LogP contribution in [0.4, 0.5) is 5.69 Å². The molecule has 1 aliphatic carbocycles. The average Bonchev–Trinajstić information content (AvgIpc) is 3.79. The molecule has 17 heteroatoms. The number of carboxylic acids is 2. The Labute approximate surface area is 247 Å². The van der Waals surface area contributed by atoms with Gasteiger partial charge in [0.05, 0.1) is 24.0 Å². The van der Waals surface area contributed by atoms with E-state index in [4.69, 9.17) is 4.74 Å². The molecule has 5 rings (SSSR count). The van der Waals surface area contributed by atoms with Crippen LogP contribution < -0.4 is 4.90 Å². The quantitative estimate of drug-likeness (QED) is 0.152. The van der Waals surface area contributed by atoms with Crippen LogP contribution >= 0.6 is 11.3 Å². The molecule has 0 aromatic carbocycles. The van der Waals surface area contributed by atoms with Gasteiger partial charge in [0.1, 0.15) is 10.7 Å². The van der Waals surface area contributed by atoms with Gasteiger partial charge in [-0.15, -0.1) is 11.3 Å². The minimum absolute atomic E-state index is 0.0352. The average molecular weight is 613 g/mol. The van der Waals surface area contributed by atoms with Gasteiger partial charge in [-0.05, 0) is 38.7 Å². The maximum absolute atomic E-state index is 14.1. The normalized spacial score (nSPS) is 19.0. The zero-order valence-electron chi connectivity index (χ0n) is 22.8. The van der Waals surface area contributed by atoms with Gasteiger partial charge in [0.15, 0.2) is 11.5 Å². The summed E-state index contributed by atoms with van der Waals surface area (Å²) in [6.45, 7) is 2.49. The fourth-order valence-corrected chi connectivity index (χ4v) is 5.74. The number of aromatic nitrogens is 7. The van der Waals surface area contributed by atoms with E-state index < -0.39 is 29.7 Å². The molecule has 0 bridgehead atoms. The molecule has 1 aliphatic rings. The lowest BCUT2D eigenvalue weighted by Crippen LogP contribution is -2.66. The van der Waals surface area contributed by atoms with Crippen molar-refractivity contribution < 1.29 is 39.5 Å². The highest BCUT2D eigenvalue weighted by Crippen LogP contribution is 2.38. The Morgan fingerprint density at radius 1 is 1.21 bits per heavy atom. The van der Waals surface area contributed by atoms with Crippen LogP contribution in [0.2, 0.25) is 0 Å². The number of aromatic amines is 1. The van der Waals surface area contributed by atoms with Gasteiger partial charge in [0.2, 0.25) is 6.10 Å². The molecule has 16 nitrogen and oxygen atoms in total. The summed E-state index contributed by atoms with van der Waals surface area (Å²) in [6.07, 6.45) is 6.92. The largest absolute Gasteiger partial charge is 0.479 e. The van der Waals surface area contributed by atoms with Crippen LogP contribution in [0.25, 0.3) is 22.1 Å². The van der Waals surface area contributed by atoms with E-state index in [1.807, 2.05) is 6.92 Å². The number of aliphatic hydroxyl groups is 2. The number of nitrogens with zero attached hydrogens (tertiary/aromatic N) is 7. The second-order valence-electron chi connectivity index (χ2n) is 9.74. The first-order valence-electron chi connectivity index (χ1n) is 13.3. The van der Waals surface area contributed by atoms with Crippen LogP contribution in [0.5, 0.6) is 0 Å². The molecule has 1 fully saturated rings. The van der Waals surface area contributed by atoms with Gasteiger partial charge in [-0.25, -0.2) is 24.5 Å². The molecule has 5 N–H and O–H groups in total. The summed E-state index contributed by atoms with van der Waals surface area (Å²) in [7, 11) is 0. The standard InChI is InChI=1S/C26H28N8O8S/c1-2-42-16-6-4-15(5-7-16)33-12-18(19(32-33)21-27-8-3-9-28-21)34(26(41,25(39)40)20(35)24(37)38)23(36)17-13-43-22(31-17)14-10-29-30-11-14/h3,8-13,15-16,20,35,41H,2,4-7H2,1H3,(H,29,30)(H,37,38)(H,39,40)/t15?,16?,20-,26+/m0/s1. The number of ether oxygens (including phenoxy) is 1. The Balaban J connectivity index is 1.67. The summed E-state index contributed by atoms with van der Waals surface area (Å²) in [5, 5.41) is 54.5. The van der Waals surface area contributed by atoms with Gasteiger partial charge in [-0.2, -0.15) is 10.2 Å². The van der Waals surface area contributed by atoms with Gasteiger partial charge in [0, 0.05) is 42.3 Å². The molecule has 1 amide bonds. The van der Waals surface area contributed by atoms with Gasteiger partial charge in [0.25, 0.3) is 11.6 Å². The van der Waals surface area contributed by atoms with Gasteiger partial charge in [-0.1, -0.05) is 0 Å². The third-order valence-corrected chi connectivity index (χ3v) is 7.99. The number of hydrogen-bond acceptors (Lipinski definition) is 12. The van der Waals surface area contributed by atoms with Crippen molar-refractivity contribution in [2.75, 3.05) is 11.5 Å². The first-order valence-corrected chi connectivity index (χ1v) is 14.2. The van der Waals surface area contributed by atoms with E-state index in [9.17, 15) is 34.8 Å². The maximum atomic E-state index is 14.1. The minimum atomic E-state index is -3.70. The third-order valence-electron chi connectivity index (χ3n) is 7.09. The van der Waals surface area contributed by atoms with E-state index >= 15 is 0 Å². The molecule has 0 radical (unpaired) electrons. The number of H-pyrrole nitrogens is 1. The van der Waals surface area contributed by atoms with E-state index in [1.165, 1.54) is 47.1 Å². The summed E-state index contributed by atoms with van der Waals surface area (Å²) in [4.78, 5) is 51.5. The number of carboxylic acid groups (broad SMARTS) is 2. The molecule has 2 atom stereocenters. The van der Waals surface area contributed by atoms with Crippen molar-refractivity contribution in [1.29, 1.82) is 0 Å². The predicted octanol–water partition coefficient (Wildman–Crippen LogP) is 1.57. The van der Waals surface area contributed by atoms with E-state index in [1.54, 1.807) is 0 Å². The topological polar surface area (TPSA) is 230 Å². The highest BCUT2D eigenvalue weighted by molar-refractivity contribution is 7.13. The Morgan fingerprint density at radius 2 is 1.93 bits per heavy atom. The molecule has 4 heterocycles. The first-order chi connectivity index (χ1) is 20.6. The molecule has 0 unspecified atom stereocenters. The predicted molar refractivity (Wildman–Crippen MR) is 149 cm³/mol. The molecular formula is C26H28N8O8S. The number of anilines is 1. The second-order valence-corrected chi connectivity index (χ2v) is 10.6. The number of rotatable bonds is 11. The molecule has 4 aromatic heterocycles. The van der Waals surface area contributed by atoms with Crippen molar-refractivity contribution in [3.63, 3.8) is 0 Å². The highest BCUT2D eigenvalue weighted by atomic mass is 32.1. The Bertz CT molecular complexity index is 1590.